The Morgan fingerprint density at radius 2 is 0.920 bits per heavy atom. The number of rotatable bonds is 6. The number of epoxide rings is 1. The quantitative estimate of drug-likeness (QED) is 0.235. The molecule has 2 atom stereocenters. The van der Waals surface area contributed by atoms with E-state index in [0.29, 0.717) is 15.9 Å². The predicted molar refractivity (Wildman–Crippen MR) is 56.3 cm³/mol. The molecule has 0 radical (unpaired) electrons. The average molecular weight is 538 g/mol. The molecule has 0 spiro atoms. The van der Waals surface area contributed by atoms with Gasteiger partial charge in [-0.25, -0.2) is 4.39 Å². The first-order valence-corrected chi connectivity index (χ1v) is 6.77. The van der Waals surface area contributed by atoms with Crippen molar-refractivity contribution in [2.24, 2.45) is 0 Å². The second-order valence-electron chi connectivity index (χ2n) is 4.58. The van der Waals surface area contributed by atoms with Crippen molar-refractivity contribution in [3.63, 3.8) is 0 Å². The lowest BCUT2D eigenvalue weighted by Gasteiger charge is -2.41. The van der Waals surface area contributed by atoms with Crippen molar-refractivity contribution in [1.29, 1.82) is 0 Å². The van der Waals surface area contributed by atoms with E-state index < -0.39 is 45.1 Å². The summed E-state index contributed by atoms with van der Waals surface area (Å²) >= 11 is 1.46. The smallest absolute Gasteiger partial charge is 0.265 e. The van der Waals surface area contributed by atoms with Crippen LogP contribution in [0.1, 0.15) is 0 Å². The minimum Gasteiger partial charge on any atom is -0.265 e. The summed E-state index contributed by atoms with van der Waals surface area (Å²) in [7, 11) is 0. The molecule has 1 fully saturated rings. The third kappa shape index (κ3) is 2.57. The third-order valence-electron chi connectivity index (χ3n) is 2.94. The molecule has 2 unspecified atom stereocenters. The SMILES string of the molecule is FC(F)(Br)C(F)(Br)C(F)(F)C(F)(F)C(F)(F)C(F)(F)C1(F)OC1(F)F. The number of ether oxygens (including phenoxy) is 1. The van der Waals surface area contributed by atoms with Gasteiger partial charge in [-0.05, 0) is 31.9 Å². The molecule has 1 aliphatic heterocycles. The van der Waals surface area contributed by atoms with E-state index in [1.807, 2.05) is 0 Å². The molecule has 0 aliphatic carbocycles. The lowest BCUT2D eigenvalue weighted by atomic mass is 9.93. The fourth-order valence-corrected chi connectivity index (χ4v) is 1.87. The Hall–Kier alpha value is -0.0600. The molecule has 1 heterocycles. The summed E-state index contributed by atoms with van der Waals surface area (Å²) in [6.45, 7) is 0. The van der Waals surface area contributed by atoms with Gasteiger partial charge in [0.05, 0.1) is 0 Å². The van der Waals surface area contributed by atoms with E-state index >= 15 is 0 Å². The van der Waals surface area contributed by atoms with Gasteiger partial charge in [0.25, 0.3) is 0 Å². The molecule has 0 N–H and O–H groups in total. The van der Waals surface area contributed by atoms with Gasteiger partial charge >= 0.3 is 45.1 Å². The molecule has 1 saturated heterocycles. The van der Waals surface area contributed by atoms with Crippen LogP contribution in [0.25, 0.3) is 0 Å². The van der Waals surface area contributed by atoms with E-state index in [-0.39, 0.29) is 0 Å². The Balaban J connectivity index is 3.50. The summed E-state index contributed by atoms with van der Waals surface area (Å²) in [5.74, 6) is -36.6. The van der Waals surface area contributed by atoms with E-state index in [1.54, 1.807) is 0 Å². The van der Waals surface area contributed by atoms with Crippen LogP contribution >= 0.6 is 31.9 Å². The molecule has 1 nitrogen and oxygen atoms in total. The van der Waals surface area contributed by atoms with Gasteiger partial charge in [-0.3, -0.25) is 4.74 Å². The zero-order valence-electron chi connectivity index (χ0n) is 10.5. The Morgan fingerprint density at radius 3 is 1.16 bits per heavy atom. The van der Waals surface area contributed by atoms with E-state index in [2.05, 4.69) is 4.74 Å². The van der Waals surface area contributed by atoms with Crippen molar-refractivity contribution in [2.75, 3.05) is 0 Å². The lowest BCUT2D eigenvalue weighted by molar-refractivity contribution is -0.401. The van der Waals surface area contributed by atoms with Crippen LogP contribution in [-0.2, 0) is 4.74 Å². The molecular formula is C8Br2F14O. The Morgan fingerprint density at radius 1 is 0.600 bits per heavy atom. The molecule has 1 aliphatic rings. The average Bonchev–Trinajstić information content (AvgIpc) is 2.87. The van der Waals surface area contributed by atoms with Crippen molar-refractivity contribution in [1.82, 2.24) is 0 Å². The lowest BCUT2D eigenvalue weighted by Crippen LogP contribution is -2.71. The topological polar surface area (TPSA) is 12.5 Å². The van der Waals surface area contributed by atoms with E-state index in [9.17, 15) is 61.5 Å². The summed E-state index contributed by atoms with van der Waals surface area (Å²) in [5.41, 5.74) is 0. The summed E-state index contributed by atoms with van der Waals surface area (Å²) in [4.78, 5) is -5.76. The fourth-order valence-electron chi connectivity index (χ4n) is 1.37. The van der Waals surface area contributed by atoms with Crippen LogP contribution in [0.4, 0.5) is 61.5 Å². The molecule has 1 rings (SSSR count). The number of hydrogen-bond donors (Lipinski definition) is 0. The normalized spacial score (nSPS) is 27.8. The van der Waals surface area contributed by atoms with Gasteiger partial charge in [-0.1, -0.05) is 0 Å². The standard InChI is InChI=1S/C8Br2F14O/c9-1(11,7(10,21)22)2(12,13)3(14,15)4(16,17)5(18,19)6(20)8(23,24)25-6. The third-order valence-corrected chi connectivity index (χ3v) is 5.01. The summed E-state index contributed by atoms with van der Waals surface area (Å²) in [6.07, 6.45) is -5.79. The highest BCUT2D eigenvalue weighted by atomic mass is 79.9. The summed E-state index contributed by atoms with van der Waals surface area (Å²) in [6, 6.07) is 0. The molecule has 25 heavy (non-hydrogen) atoms. The van der Waals surface area contributed by atoms with E-state index in [1.165, 1.54) is 0 Å². The maximum atomic E-state index is 13.3. The molecular weight excluding hydrogens is 538 g/mol. The molecule has 0 aromatic heterocycles. The van der Waals surface area contributed by atoms with Gasteiger partial charge in [-0.15, -0.1) is 0 Å². The second-order valence-corrected chi connectivity index (χ2v) is 6.67. The van der Waals surface area contributed by atoms with E-state index in [4.69, 9.17) is 0 Å². The van der Waals surface area contributed by atoms with Crippen molar-refractivity contribution in [2.45, 2.75) is 45.1 Å². The summed E-state index contributed by atoms with van der Waals surface area (Å²) in [5, 5.41) is 0. The fraction of sp³-hybridized carbons (Fsp3) is 1.00. The molecule has 0 saturated carbocycles. The summed E-state index contributed by atoms with van der Waals surface area (Å²) < 4.78 is 178. The number of halogens is 16. The zero-order valence-corrected chi connectivity index (χ0v) is 13.6. The van der Waals surface area contributed by atoms with Gasteiger partial charge < -0.3 is 0 Å². The van der Waals surface area contributed by atoms with Crippen LogP contribution < -0.4 is 0 Å². The molecule has 0 aromatic rings. The number of hydrogen-bond acceptors (Lipinski definition) is 1. The van der Waals surface area contributed by atoms with Gasteiger partial charge in [0.2, 0.25) is 0 Å². The minimum absolute atomic E-state index is 0.663. The first kappa shape index (κ1) is 23.0. The predicted octanol–water partition coefficient (Wildman–Crippen LogP) is 5.86. The van der Waals surface area contributed by atoms with Crippen LogP contribution in [0.2, 0.25) is 0 Å². The van der Waals surface area contributed by atoms with Crippen molar-refractivity contribution >= 4 is 31.9 Å². The maximum absolute atomic E-state index is 13.3. The van der Waals surface area contributed by atoms with Gasteiger partial charge in [0, 0.05) is 0 Å². The van der Waals surface area contributed by atoms with Crippen molar-refractivity contribution in [3.05, 3.63) is 0 Å². The minimum atomic E-state index is -7.82. The highest BCUT2D eigenvalue weighted by Gasteiger charge is 2.99. The van der Waals surface area contributed by atoms with Crippen LogP contribution in [0, 0.1) is 0 Å². The van der Waals surface area contributed by atoms with Gasteiger partial charge in [-0.2, -0.15) is 57.1 Å². The van der Waals surface area contributed by atoms with Crippen LogP contribution in [0.3, 0.4) is 0 Å². The molecule has 0 bridgehead atoms. The molecule has 0 aromatic carbocycles. The highest BCUT2D eigenvalue weighted by Crippen LogP contribution is 2.69. The first-order chi connectivity index (χ1) is 10.5. The molecule has 150 valence electrons. The Kier molecular flexibility index (Phi) is 4.83. The van der Waals surface area contributed by atoms with Crippen LogP contribution in [-0.4, -0.2) is 45.1 Å². The molecule has 17 heteroatoms. The Labute approximate surface area is 143 Å². The Bertz CT molecular complexity index is 554. The first-order valence-electron chi connectivity index (χ1n) is 5.18. The number of alkyl halides is 16. The van der Waals surface area contributed by atoms with Gasteiger partial charge in [0.15, 0.2) is 0 Å². The van der Waals surface area contributed by atoms with Crippen molar-refractivity contribution in [3.8, 4) is 0 Å². The van der Waals surface area contributed by atoms with E-state index in [0.717, 1.165) is 15.9 Å². The van der Waals surface area contributed by atoms with Crippen LogP contribution in [0.15, 0.2) is 0 Å². The maximum Gasteiger partial charge on any atom is 0.424 e. The zero-order chi connectivity index (χ0) is 20.7. The largest absolute Gasteiger partial charge is 0.424 e. The van der Waals surface area contributed by atoms with Crippen LogP contribution in [0.5, 0.6) is 0 Å². The monoisotopic (exact) mass is 536 g/mol. The molecule has 0 amide bonds. The van der Waals surface area contributed by atoms with Gasteiger partial charge in [0.1, 0.15) is 0 Å². The highest BCUT2D eigenvalue weighted by molar-refractivity contribution is 9.12. The van der Waals surface area contributed by atoms with Crippen molar-refractivity contribution < 1.29 is 66.2 Å². The second kappa shape index (κ2) is 5.26.